The first-order chi connectivity index (χ1) is 16.8. The number of benzene rings is 2. The van der Waals surface area contributed by atoms with Crippen LogP contribution in [0.2, 0.25) is 0 Å². The van der Waals surface area contributed by atoms with Crippen LogP contribution in [-0.4, -0.2) is 49.2 Å². The summed E-state index contributed by atoms with van der Waals surface area (Å²) >= 11 is 0. The van der Waals surface area contributed by atoms with Crippen LogP contribution in [0.1, 0.15) is 31.4 Å². The topological polar surface area (TPSA) is 135 Å². The van der Waals surface area contributed by atoms with Crippen molar-refractivity contribution >= 4 is 24.0 Å². The largest absolute Gasteiger partial charge is 0.445 e. The van der Waals surface area contributed by atoms with E-state index in [2.05, 4.69) is 21.3 Å². The second-order valence-corrected chi connectivity index (χ2v) is 7.79. The summed E-state index contributed by atoms with van der Waals surface area (Å²) in [6, 6.07) is 16.9. The predicted octanol–water partition coefficient (Wildman–Crippen LogP) is 2.24. The molecule has 2 atom stereocenters. The Bertz CT molecular complexity index is 877. The van der Waals surface area contributed by atoms with E-state index in [9.17, 15) is 19.2 Å². The van der Waals surface area contributed by atoms with Crippen LogP contribution >= 0.6 is 0 Å². The lowest BCUT2D eigenvalue weighted by Gasteiger charge is -2.15. The Labute approximate surface area is 204 Å². The fourth-order valence-electron chi connectivity index (χ4n) is 2.83. The first-order valence-electron chi connectivity index (χ1n) is 11.3. The highest BCUT2D eigenvalue weighted by Crippen LogP contribution is 2.02. The molecule has 0 spiro atoms. The lowest BCUT2D eigenvalue weighted by molar-refractivity contribution is -0.122. The van der Waals surface area contributed by atoms with Crippen LogP contribution in [0.3, 0.4) is 0 Å². The number of carbonyl (C=O) groups is 4. The van der Waals surface area contributed by atoms with E-state index in [0.717, 1.165) is 11.1 Å². The maximum Gasteiger partial charge on any atom is 0.408 e. The van der Waals surface area contributed by atoms with Crippen LogP contribution in [-0.2, 0) is 32.3 Å². The molecule has 0 radical (unpaired) electrons. The second-order valence-electron chi connectivity index (χ2n) is 7.79. The van der Waals surface area contributed by atoms with E-state index in [1.807, 2.05) is 60.7 Å². The highest BCUT2D eigenvalue weighted by Gasteiger charge is 2.17. The SMILES string of the molecule is C[C@H](NC(=O)OCc1ccccc1)C(=O)NCCCNC(=O)[C@H](C)NC(=O)OCc1ccccc1. The van der Waals surface area contributed by atoms with Crippen molar-refractivity contribution in [3.8, 4) is 0 Å². The smallest absolute Gasteiger partial charge is 0.408 e. The molecule has 0 saturated heterocycles. The molecule has 10 nitrogen and oxygen atoms in total. The number of alkyl carbamates (subject to hydrolysis) is 2. The van der Waals surface area contributed by atoms with Gasteiger partial charge in [-0.2, -0.15) is 0 Å². The number of hydrogen-bond acceptors (Lipinski definition) is 6. The number of hydrogen-bond donors (Lipinski definition) is 4. The van der Waals surface area contributed by atoms with E-state index >= 15 is 0 Å². The maximum absolute atomic E-state index is 12.1. The molecule has 2 aromatic rings. The van der Waals surface area contributed by atoms with Crippen LogP contribution < -0.4 is 21.3 Å². The minimum Gasteiger partial charge on any atom is -0.445 e. The first-order valence-corrected chi connectivity index (χ1v) is 11.3. The molecule has 0 aliphatic rings. The monoisotopic (exact) mass is 484 g/mol. The first kappa shape index (κ1) is 27.2. The van der Waals surface area contributed by atoms with Crippen LogP contribution in [0.4, 0.5) is 9.59 Å². The van der Waals surface area contributed by atoms with Crippen molar-refractivity contribution in [1.82, 2.24) is 21.3 Å². The fraction of sp³-hybridized carbons (Fsp3) is 0.360. The van der Waals surface area contributed by atoms with Gasteiger partial charge in [0.15, 0.2) is 0 Å². The molecule has 2 aromatic carbocycles. The van der Waals surface area contributed by atoms with Gasteiger partial charge in [-0.15, -0.1) is 0 Å². The number of ether oxygens (including phenoxy) is 2. The summed E-state index contributed by atoms with van der Waals surface area (Å²) in [7, 11) is 0. The molecule has 0 heterocycles. The van der Waals surface area contributed by atoms with Crippen molar-refractivity contribution in [1.29, 1.82) is 0 Å². The van der Waals surface area contributed by atoms with Crippen molar-refractivity contribution in [2.24, 2.45) is 0 Å². The standard InChI is InChI=1S/C25H32N4O6/c1-18(28-24(32)34-16-20-10-5-3-6-11-20)22(30)26-14-9-15-27-23(31)19(2)29-25(33)35-17-21-12-7-4-8-13-21/h3-8,10-13,18-19H,9,14-17H2,1-2H3,(H,26,30)(H,27,31)(H,28,32)(H,29,33)/t18-,19-/m0/s1. The Morgan fingerprint density at radius 1 is 0.657 bits per heavy atom. The maximum atomic E-state index is 12.1. The molecule has 35 heavy (non-hydrogen) atoms. The van der Waals surface area contributed by atoms with Gasteiger partial charge in [0, 0.05) is 13.1 Å². The summed E-state index contributed by atoms with van der Waals surface area (Å²) in [6.45, 7) is 3.91. The summed E-state index contributed by atoms with van der Waals surface area (Å²) < 4.78 is 10.2. The molecule has 0 aromatic heterocycles. The molecule has 0 unspecified atom stereocenters. The third kappa shape index (κ3) is 11.1. The average molecular weight is 485 g/mol. The molecule has 4 N–H and O–H groups in total. The summed E-state index contributed by atoms with van der Waals surface area (Å²) in [5, 5.41) is 10.3. The molecule has 2 rings (SSSR count). The lowest BCUT2D eigenvalue weighted by atomic mass is 10.2. The van der Waals surface area contributed by atoms with E-state index in [1.54, 1.807) is 13.8 Å². The summed E-state index contributed by atoms with van der Waals surface area (Å²) in [4.78, 5) is 47.9. The third-order valence-electron chi connectivity index (χ3n) is 4.83. The van der Waals surface area contributed by atoms with Crippen molar-refractivity contribution in [2.45, 2.75) is 45.6 Å². The average Bonchev–Trinajstić information content (AvgIpc) is 2.87. The molecule has 0 fully saturated rings. The molecule has 0 saturated carbocycles. The van der Waals surface area contributed by atoms with E-state index in [1.165, 1.54) is 0 Å². The van der Waals surface area contributed by atoms with Gasteiger partial charge in [0.25, 0.3) is 0 Å². The minimum atomic E-state index is -0.779. The van der Waals surface area contributed by atoms with E-state index in [0.29, 0.717) is 19.5 Å². The van der Waals surface area contributed by atoms with Gasteiger partial charge < -0.3 is 30.7 Å². The van der Waals surface area contributed by atoms with Crippen molar-refractivity contribution in [2.75, 3.05) is 13.1 Å². The van der Waals surface area contributed by atoms with Gasteiger partial charge in [0.1, 0.15) is 25.3 Å². The van der Waals surface area contributed by atoms with Gasteiger partial charge in [0.2, 0.25) is 11.8 Å². The van der Waals surface area contributed by atoms with Crippen LogP contribution in [0.5, 0.6) is 0 Å². The Morgan fingerprint density at radius 3 is 1.40 bits per heavy atom. The van der Waals surface area contributed by atoms with Gasteiger partial charge in [-0.25, -0.2) is 9.59 Å². The highest BCUT2D eigenvalue weighted by atomic mass is 16.6. The third-order valence-corrected chi connectivity index (χ3v) is 4.83. The summed E-state index contributed by atoms with van der Waals surface area (Å²) in [6.07, 6.45) is -0.909. The minimum absolute atomic E-state index is 0.110. The number of nitrogens with one attached hydrogen (secondary N) is 4. The number of carbonyl (C=O) groups excluding carboxylic acids is 4. The second kappa shape index (κ2) is 14.9. The Balaban J connectivity index is 1.54. The van der Waals surface area contributed by atoms with E-state index in [4.69, 9.17) is 9.47 Å². The van der Waals surface area contributed by atoms with Gasteiger partial charge in [0.05, 0.1) is 0 Å². The molecule has 188 valence electrons. The van der Waals surface area contributed by atoms with Crippen molar-refractivity contribution in [3.63, 3.8) is 0 Å². The molecule has 10 heteroatoms. The molecule has 0 aliphatic carbocycles. The zero-order valence-corrected chi connectivity index (χ0v) is 19.9. The number of rotatable bonds is 12. The lowest BCUT2D eigenvalue weighted by Crippen LogP contribution is -2.46. The molecule has 0 aliphatic heterocycles. The molecule has 4 amide bonds. The fourth-order valence-corrected chi connectivity index (χ4v) is 2.83. The Kier molecular flexibility index (Phi) is 11.6. The zero-order chi connectivity index (χ0) is 25.5. The van der Waals surface area contributed by atoms with Crippen LogP contribution in [0.25, 0.3) is 0 Å². The van der Waals surface area contributed by atoms with Crippen LogP contribution in [0.15, 0.2) is 60.7 Å². The summed E-state index contributed by atoms with van der Waals surface area (Å²) in [5.74, 6) is -0.742. The normalized spacial score (nSPS) is 11.9. The van der Waals surface area contributed by atoms with Crippen molar-refractivity contribution in [3.05, 3.63) is 71.8 Å². The molecular weight excluding hydrogens is 452 g/mol. The van der Waals surface area contributed by atoms with E-state index in [-0.39, 0.29) is 25.0 Å². The zero-order valence-electron chi connectivity index (χ0n) is 19.9. The quantitative estimate of drug-likeness (QED) is 0.341. The van der Waals surface area contributed by atoms with Crippen molar-refractivity contribution < 1.29 is 28.7 Å². The summed E-state index contributed by atoms with van der Waals surface area (Å²) in [5.41, 5.74) is 1.69. The molecular formula is C25H32N4O6. The van der Waals surface area contributed by atoms with Gasteiger partial charge in [-0.05, 0) is 31.4 Å². The van der Waals surface area contributed by atoms with Crippen LogP contribution in [0, 0.1) is 0 Å². The van der Waals surface area contributed by atoms with Gasteiger partial charge in [-0.1, -0.05) is 60.7 Å². The predicted molar refractivity (Wildman–Crippen MR) is 129 cm³/mol. The number of amides is 4. The Morgan fingerprint density at radius 2 is 1.03 bits per heavy atom. The van der Waals surface area contributed by atoms with Gasteiger partial charge >= 0.3 is 12.2 Å². The molecule has 0 bridgehead atoms. The van der Waals surface area contributed by atoms with E-state index < -0.39 is 24.3 Å². The highest BCUT2D eigenvalue weighted by molar-refractivity contribution is 5.85. The van der Waals surface area contributed by atoms with Gasteiger partial charge in [-0.3, -0.25) is 9.59 Å². The Hall–Kier alpha value is -4.08.